The van der Waals surface area contributed by atoms with E-state index in [1.165, 1.54) is 6.08 Å². The van der Waals surface area contributed by atoms with Crippen molar-refractivity contribution in [1.29, 1.82) is 0 Å². The van der Waals surface area contributed by atoms with E-state index in [2.05, 4.69) is 6.58 Å². The number of aliphatic hydroxyl groups is 1. The average molecular weight is 241 g/mol. The van der Waals surface area contributed by atoms with Crippen LogP contribution in [0.5, 0.6) is 0 Å². The molecule has 0 saturated carbocycles. The molecule has 4 heteroatoms. The normalized spacial score (nSPS) is 11.9. The molecule has 1 unspecified atom stereocenters. The molecule has 1 atom stereocenters. The predicted molar refractivity (Wildman–Crippen MR) is 62.1 cm³/mol. The third-order valence-corrected chi connectivity index (χ3v) is 2.21. The Morgan fingerprint density at radius 3 is 2.69 bits per heavy atom. The Hall–Kier alpha value is -1.32. The smallest absolute Gasteiger partial charge is 0.335 e. The average Bonchev–Trinajstić information content (AvgIpc) is 2.28. The minimum absolute atomic E-state index is 0.129. The summed E-state index contributed by atoms with van der Waals surface area (Å²) in [6, 6.07) is 6.95. The molecular weight excluding hydrogens is 228 g/mol. The summed E-state index contributed by atoms with van der Waals surface area (Å²) in [5, 5.41) is 9.90. The van der Waals surface area contributed by atoms with Crippen LogP contribution in [0.25, 0.3) is 0 Å². The minimum Gasteiger partial charge on any atom is -0.459 e. The van der Waals surface area contributed by atoms with Gasteiger partial charge in [-0.3, -0.25) is 0 Å². The van der Waals surface area contributed by atoms with Crippen molar-refractivity contribution in [3.63, 3.8) is 0 Å². The van der Waals surface area contributed by atoms with E-state index in [1.807, 2.05) is 0 Å². The summed E-state index contributed by atoms with van der Waals surface area (Å²) < 4.78 is 4.90. The molecule has 1 rings (SSSR count). The maximum absolute atomic E-state index is 11.2. The molecule has 0 radical (unpaired) electrons. The molecule has 0 aliphatic heterocycles. The van der Waals surface area contributed by atoms with Crippen molar-refractivity contribution in [1.82, 2.24) is 0 Å². The van der Waals surface area contributed by atoms with Crippen molar-refractivity contribution in [2.75, 3.05) is 0 Å². The van der Waals surface area contributed by atoms with Gasteiger partial charge in [0.15, 0.2) is 6.10 Å². The van der Waals surface area contributed by atoms with Crippen LogP contribution in [0, 0.1) is 0 Å². The van der Waals surface area contributed by atoms with E-state index in [1.54, 1.807) is 24.3 Å². The SMILES string of the molecule is C=CCC(O)C(=O)OCc1ccc(Cl)cc1. The molecule has 0 amide bonds. The van der Waals surface area contributed by atoms with Gasteiger partial charge >= 0.3 is 5.97 Å². The number of halogens is 1. The number of carbonyl (C=O) groups excluding carboxylic acids is 1. The van der Waals surface area contributed by atoms with Crippen molar-refractivity contribution in [3.8, 4) is 0 Å². The molecule has 0 aliphatic carbocycles. The zero-order chi connectivity index (χ0) is 12.0. The summed E-state index contributed by atoms with van der Waals surface area (Å²) in [5.74, 6) is -0.644. The van der Waals surface area contributed by atoms with Gasteiger partial charge in [0.05, 0.1) is 0 Å². The Bertz CT molecular complexity index is 359. The first-order valence-corrected chi connectivity index (χ1v) is 5.21. The molecule has 86 valence electrons. The number of hydrogen-bond acceptors (Lipinski definition) is 3. The summed E-state index contributed by atoms with van der Waals surface area (Å²) in [4.78, 5) is 11.2. The van der Waals surface area contributed by atoms with Crippen LogP contribution in [-0.4, -0.2) is 17.2 Å². The highest BCUT2D eigenvalue weighted by Crippen LogP contribution is 2.10. The van der Waals surface area contributed by atoms with Crippen LogP contribution in [0.3, 0.4) is 0 Å². The largest absolute Gasteiger partial charge is 0.459 e. The van der Waals surface area contributed by atoms with Crippen molar-refractivity contribution in [2.24, 2.45) is 0 Å². The zero-order valence-corrected chi connectivity index (χ0v) is 9.48. The summed E-state index contributed by atoms with van der Waals surface area (Å²) in [7, 11) is 0. The van der Waals surface area contributed by atoms with Gasteiger partial charge in [-0.15, -0.1) is 6.58 Å². The fraction of sp³-hybridized carbons (Fsp3) is 0.250. The molecule has 0 fully saturated rings. The Kier molecular flexibility index (Phi) is 5.02. The van der Waals surface area contributed by atoms with E-state index < -0.39 is 12.1 Å². The lowest BCUT2D eigenvalue weighted by Gasteiger charge is -2.08. The van der Waals surface area contributed by atoms with E-state index in [-0.39, 0.29) is 13.0 Å². The lowest BCUT2D eigenvalue weighted by atomic mass is 10.2. The highest BCUT2D eigenvalue weighted by molar-refractivity contribution is 6.30. The molecule has 0 spiro atoms. The van der Waals surface area contributed by atoms with Gasteiger partial charge in [0.2, 0.25) is 0 Å². The van der Waals surface area contributed by atoms with E-state index in [0.29, 0.717) is 5.02 Å². The van der Waals surface area contributed by atoms with Crippen molar-refractivity contribution in [2.45, 2.75) is 19.1 Å². The summed E-state index contributed by atoms with van der Waals surface area (Å²) >= 11 is 5.71. The lowest BCUT2D eigenvalue weighted by Crippen LogP contribution is -2.22. The Morgan fingerprint density at radius 2 is 2.12 bits per heavy atom. The molecule has 1 N–H and O–H groups in total. The van der Waals surface area contributed by atoms with E-state index in [9.17, 15) is 9.90 Å². The summed E-state index contributed by atoms with van der Waals surface area (Å²) in [6.45, 7) is 3.56. The molecule has 0 aromatic heterocycles. The highest BCUT2D eigenvalue weighted by atomic mass is 35.5. The van der Waals surface area contributed by atoms with Gasteiger partial charge in [0.1, 0.15) is 6.61 Å². The van der Waals surface area contributed by atoms with Crippen LogP contribution in [0.15, 0.2) is 36.9 Å². The molecule has 0 aliphatic rings. The topological polar surface area (TPSA) is 46.5 Å². The van der Waals surface area contributed by atoms with Crippen molar-refractivity contribution >= 4 is 17.6 Å². The molecule has 3 nitrogen and oxygen atoms in total. The number of ether oxygens (including phenoxy) is 1. The first-order valence-electron chi connectivity index (χ1n) is 4.83. The van der Waals surface area contributed by atoms with Crippen LogP contribution in [0.4, 0.5) is 0 Å². The Labute approximate surface area is 99.3 Å². The fourth-order valence-electron chi connectivity index (χ4n) is 1.09. The van der Waals surface area contributed by atoms with Crippen LogP contribution in [-0.2, 0) is 16.1 Å². The van der Waals surface area contributed by atoms with Crippen molar-refractivity contribution < 1.29 is 14.6 Å². The van der Waals surface area contributed by atoms with E-state index >= 15 is 0 Å². The monoisotopic (exact) mass is 240 g/mol. The second-order valence-corrected chi connectivity index (χ2v) is 3.71. The Morgan fingerprint density at radius 1 is 1.50 bits per heavy atom. The minimum atomic E-state index is -1.13. The quantitative estimate of drug-likeness (QED) is 0.635. The molecule has 16 heavy (non-hydrogen) atoms. The van der Waals surface area contributed by atoms with Crippen LogP contribution < -0.4 is 0 Å². The number of esters is 1. The third kappa shape index (κ3) is 4.04. The highest BCUT2D eigenvalue weighted by Gasteiger charge is 2.14. The molecule has 0 bridgehead atoms. The third-order valence-electron chi connectivity index (χ3n) is 1.96. The predicted octanol–water partition coefficient (Wildman–Crippen LogP) is 2.32. The number of rotatable bonds is 5. The first kappa shape index (κ1) is 12.7. The number of carbonyl (C=O) groups is 1. The maximum atomic E-state index is 11.2. The van der Waals surface area contributed by atoms with E-state index in [4.69, 9.17) is 16.3 Å². The fourth-order valence-corrected chi connectivity index (χ4v) is 1.21. The van der Waals surface area contributed by atoms with Crippen LogP contribution in [0.1, 0.15) is 12.0 Å². The lowest BCUT2D eigenvalue weighted by molar-refractivity contribution is -0.154. The van der Waals surface area contributed by atoms with Crippen LogP contribution in [0.2, 0.25) is 5.02 Å². The molecular formula is C12H13ClO3. The second-order valence-electron chi connectivity index (χ2n) is 3.27. The zero-order valence-electron chi connectivity index (χ0n) is 8.73. The Balaban J connectivity index is 2.42. The standard InChI is InChI=1S/C12H13ClO3/c1-2-3-11(14)12(15)16-8-9-4-6-10(13)7-5-9/h2,4-7,11,14H,1,3,8H2. The van der Waals surface area contributed by atoms with Gasteiger partial charge < -0.3 is 9.84 Å². The summed E-state index contributed by atoms with van der Waals surface area (Å²) in [5.41, 5.74) is 0.823. The molecule has 0 heterocycles. The van der Waals surface area contributed by atoms with Gasteiger partial charge in [-0.2, -0.15) is 0 Å². The molecule has 1 aromatic rings. The molecule has 1 aromatic carbocycles. The second kappa shape index (κ2) is 6.30. The van der Waals surface area contributed by atoms with E-state index in [0.717, 1.165) is 5.56 Å². The first-order chi connectivity index (χ1) is 7.63. The van der Waals surface area contributed by atoms with Gasteiger partial charge in [-0.1, -0.05) is 29.8 Å². The number of benzene rings is 1. The van der Waals surface area contributed by atoms with Crippen LogP contribution >= 0.6 is 11.6 Å². The maximum Gasteiger partial charge on any atom is 0.335 e. The number of hydrogen-bond donors (Lipinski definition) is 1. The van der Waals surface area contributed by atoms with Gasteiger partial charge in [-0.05, 0) is 17.7 Å². The van der Waals surface area contributed by atoms with Crippen molar-refractivity contribution in [3.05, 3.63) is 47.5 Å². The van der Waals surface area contributed by atoms with Gasteiger partial charge in [0.25, 0.3) is 0 Å². The number of aliphatic hydroxyl groups excluding tert-OH is 1. The summed E-state index contributed by atoms with van der Waals surface area (Å²) in [6.07, 6.45) is 0.526. The van der Waals surface area contributed by atoms with Gasteiger partial charge in [-0.25, -0.2) is 4.79 Å². The van der Waals surface area contributed by atoms with Gasteiger partial charge in [0, 0.05) is 11.4 Å². The molecule has 0 saturated heterocycles.